The molecular formula is C19H21NO3. The molecule has 1 atom stereocenters. The van der Waals surface area contributed by atoms with Crippen LogP contribution in [0.4, 0.5) is 4.79 Å². The van der Waals surface area contributed by atoms with E-state index in [1.807, 2.05) is 36.4 Å². The highest BCUT2D eigenvalue weighted by Gasteiger charge is 2.30. The number of nitrogens with zero attached hydrogens (tertiary/aromatic N) is 1. The number of rotatable bonds is 3. The maximum absolute atomic E-state index is 12.5. The molecule has 23 heavy (non-hydrogen) atoms. The van der Waals surface area contributed by atoms with Crippen molar-refractivity contribution in [1.29, 1.82) is 0 Å². The van der Waals surface area contributed by atoms with Crippen LogP contribution >= 0.6 is 0 Å². The van der Waals surface area contributed by atoms with E-state index in [-0.39, 0.29) is 24.5 Å². The van der Waals surface area contributed by atoms with Crippen molar-refractivity contribution in [2.24, 2.45) is 0 Å². The maximum Gasteiger partial charge on any atom is 0.410 e. The molecule has 1 amide bonds. The zero-order chi connectivity index (χ0) is 16.2. The molecule has 0 aliphatic carbocycles. The highest BCUT2D eigenvalue weighted by molar-refractivity contribution is 5.69. The van der Waals surface area contributed by atoms with E-state index >= 15 is 0 Å². The number of phenols is 1. The molecule has 3 rings (SSSR count). The molecule has 120 valence electrons. The van der Waals surface area contributed by atoms with Crippen LogP contribution in [0.15, 0.2) is 48.5 Å². The smallest absolute Gasteiger partial charge is 0.410 e. The molecule has 0 saturated carbocycles. The minimum absolute atomic E-state index is 0.00243. The highest BCUT2D eigenvalue weighted by atomic mass is 16.6. The number of carbonyl (C=O) groups excluding carboxylic acids is 1. The van der Waals surface area contributed by atoms with Gasteiger partial charge < -0.3 is 14.7 Å². The third-order valence-electron chi connectivity index (χ3n) is 4.31. The first-order chi connectivity index (χ1) is 11.2. The summed E-state index contributed by atoms with van der Waals surface area (Å²) in [7, 11) is 0. The average molecular weight is 311 g/mol. The minimum atomic E-state index is -0.278. The van der Waals surface area contributed by atoms with Gasteiger partial charge in [-0.15, -0.1) is 0 Å². The topological polar surface area (TPSA) is 49.8 Å². The molecule has 0 spiro atoms. The predicted molar refractivity (Wildman–Crippen MR) is 88.2 cm³/mol. The zero-order valence-corrected chi connectivity index (χ0v) is 13.2. The maximum atomic E-state index is 12.5. The number of benzene rings is 2. The van der Waals surface area contributed by atoms with Crippen LogP contribution in [0.2, 0.25) is 0 Å². The lowest BCUT2D eigenvalue weighted by atomic mass is 9.91. The van der Waals surface area contributed by atoms with Crippen LogP contribution in [0, 0.1) is 0 Å². The third-order valence-corrected chi connectivity index (χ3v) is 4.31. The Hall–Kier alpha value is -2.49. The Morgan fingerprint density at radius 3 is 2.78 bits per heavy atom. The monoisotopic (exact) mass is 311 g/mol. The van der Waals surface area contributed by atoms with Gasteiger partial charge >= 0.3 is 6.09 Å². The number of aromatic hydroxyl groups is 1. The molecule has 4 nitrogen and oxygen atoms in total. The third kappa shape index (κ3) is 3.31. The lowest BCUT2D eigenvalue weighted by Gasteiger charge is -2.36. The first-order valence-electron chi connectivity index (χ1n) is 7.98. The second-order valence-electron chi connectivity index (χ2n) is 5.79. The molecule has 0 radical (unpaired) electrons. The van der Waals surface area contributed by atoms with Crippen molar-refractivity contribution in [2.75, 3.05) is 6.54 Å². The van der Waals surface area contributed by atoms with Gasteiger partial charge in [-0.2, -0.15) is 0 Å². The Bertz CT molecular complexity index is 684. The Morgan fingerprint density at radius 2 is 2.04 bits per heavy atom. The van der Waals surface area contributed by atoms with Crippen LogP contribution in [0.3, 0.4) is 0 Å². The summed E-state index contributed by atoms with van der Waals surface area (Å²) in [6.07, 6.45) is 1.28. The van der Waals surface area contributed by atoms with Gasteiger partial charge in [0.2, 0.25) is 0 Å². The minimum Gasteiger partial charge on any atom is -0.508 e. The van der Waals surface area contributed by atoms with Crippen molar-refractivity contribution in [2.45, 2.75) is 32.4 Å². The van der Waals surface area contributed by atoms with E-state index in [9.17, 15) is 9.90 Å². The van der Waals surface area contributed by atoms with E-state index < -0.39 is 0 Å². The van der Waals surface area contributed by atoms with Gasteiger partial charge in [0.15, 0.2) is 0 Å². The molecule has 1 heterocycles. The second-order valence-corrected chi connectivity index (χ2v) is 5.79. The summed E-state index contributed by atoms with van der Waals surface area (Å²) in [5.74, 6) is 0.277. The fourth-order valence-corrected chi connectivity index (χ4v) is 3.16. The second kappa shape index (κ2) is 6.73. The highest BCUT2D eigenvalue weighted by Crippen LogP contribution is 2.34. The lowest BCUT2D eigenvalue weighted by molar-refractivity contribution is 0.0760. The van der Waals surface area contributed by atoms with Crippen LogP contribution < -0.4 is 0 Å². The van der Waals surface area contributed by atoms with E-state index in [1.54, 1.807) is 17.0 Å². The van der Waals surface area contributed by atoms with Gasteiger partial charge in [0.25, 0.3) is 0 Å². The number of ether oxygens (including phenoxy) is 1. The van der Waals surface area contributed by atoms with E-state index in [0.29, 0.717) is 6.54 Å². The zero-order valence-electron chi connectivity index (χ0n) is 13.2. The molecule has 0 aromatic heterocycles. The van der Waals surface area contributed by atoms with Crippen LogP contribution in [0.5, 0.6) is 5.75 Å². The van der Waals surface area contributed by atoms with Gasteiger partial charge in [0, 0.05) is 6.54 Å². The Morgan fingerprint density at radius 1 is 1.26 bits per heavy atom. The number of phenolic OH excluding ortho intramolecular Hbond substituents is 1. The summed E-state index contributed by atoms with van der Waals surface area (Å²) in [4.78, 5) is 14.3. The molecule has 0 fully saturated rings. The van der Waals surface area contributed by atoms with Crippen molar-refractivity contribution in [3.8, 4) is 5.75 Å². The average Bonchev–Trinajstić information content (AvgIpc) is 2.59. The molecule has 2 aromatic rings. The molecule has 1 aliphatic heterocycles. The van der Waals surface area contributed by atoms with Crippen molar-refractivity contribution in [3.05, 3.63) is 65.2 Å². The molecule has 1 unspecified atom stereocenters. The van der Waals surface area contributed by atoms with Crippen molar-refractivity contribution in [3.63, 3.8) is 0 Å². The Balaban J connectivity index is 1.72. The van der Waals surface area contributed by atoms with Gasteiger partial charge in [0.05, 0.1) is 6.04 Å². The van der Waals surface area contributed by atoms with E-state index in [2.05, 4.69) is 6.92 Å². The van der Waals surface area contributed by atoms with Crippen LogP contribution in [0.25, 0.3) is 0 Å². The van der Waals surface area contributed by atoms with Gasteiger partial charge in [-0.3, -0.25) is 0 Å². The summed E-state index contributed by atoms with van der Waals surface area (Å²) >= 11 is 0. The fourth-order valence-electron chi connectivity index (χ4n) is 3.16. The molecular weight excluding hydrogens is 290 g/mol. The predicted octanol–water partition coefficient (Wildman–Crippen LogP) is 4.04. The van der Waals surface area contributed by atoms with Gasteiger partial charge in [-0.25, -0.2) is 4.79 Å². The fraction of sp³-hybridized carbons (Fsp3) is 0.316. The normalized spacial score (nSPS) is 16.7. The van der Waals surface area contributed by atoms with Gasteiger partial charge in [-0.05, 0) is 41.7 Å². The summed E-state index contributed by atoms with van der Waals surface area (Å²) in [5, 5.41) is 9.63. The van der Waals surface area contributed by atoms with Crippen LogP contribution in [-0.2, 0) is 17.8 Å². The summed E-state index contributed by atoms with van der Waals surface area (Å²) in [6.45, 7) is 2.96. The molecule has 4 heteroatoms. The lowest BCUT2D eigenvalue weighted by Crippen LogP contribution is -2.40. The van der Waals surface area contributed by atoms with E-state index in [0.717, 1.165) is 29.5 Å². The largest absolute Gasteiger partial charge is 0.508 e. The van der Waals surface area contributed by atoms with Gasteiger partial charge in [-0.1, -0.05) is 43.3 Å². The number of hydrogen-bond donors (Lipinski definition) is 1. The molecule has 0 saturated heterocycles. The van der Waals surface area contributed by atoms with E-state index in [1.165, 1.54) is 0 Å². The molecule has 1 N–H and O–H groups in total. The number of amides is 1. The number of carbonyl (C=O) groups is 1. The molecule has 1 aliphatic rings. The standard InChI is InChI=1S/C19H21NO3/c1-2-18-17-9-8-16(21)12-15(17)10-11-20(18)19(22)23-13-14-6-4-3-5-7-14/h3-9,12,18,21H,2,10-11,13H2,1H3. The van der Waals surface area contributed by atoms with E-state index in [4.69, 9.17) is 4.74 Å². The number of fused-ring (bicyclic) bond motifs is 1. The molecule has 2 aromatic carbocycles. The Labute approximate surface area is 136 Å². The van der Waals surface area contributed by atoms with Crippen molar-refractivity contribution >= 4 is 6.09 Å². The summed E-state index contributed by atoms with van der Waals surface area (Å²) < 4.78 is 5.48. The summed E-state index contributed by atoms with van der Waals surface area (Å²) in [5.41, 5.74) is 3.20. The van der Waals surface area contributed by atoms with Crippen LogP contribution in [-0.4, -0.2) is 22.6 Å². The first-order valence-corrected chi connectivity index (χ1v) is 7.98. The van der Waals surface area contributed by atoms with Crippen molar-refractivity contribution < 1.29 is 14.6 Å². The number of hydrogen-bond acceptors (Lipinski definition) is 3. The first kappa shape index (κ1) is 15.4. The van der Waals surface area contributed by atoms with Crippen LogP contribution in [0.1, 0.15) is 36.1 Å². The Kier molecular flexibility index (Phi) is 4.51. The molecule has 0 bridgehead atoms. The quantitative estimate of drug-likeness (QED) is 0.930. The summed E-state index contributed by atoms with van der Waals surface area (Å²) in [6, 6.07) is 15.1. The van der Waals surface area contributed by atoms with Crippen molar-refractivity contribution in [1.82, 2.24) is 4.90 Å². The van der Waals surface area contributed by atoms with Gasteiger partial charge in [0.1, 0.15) is 12.4 Å². The SMILES string of the molecule is CCC1c2ccc(O)cc2CCN1C(=O)OCc1ccccc1.